The van der Waals surface area contributed by atoms with Gasteiger partial charge in [0.2, 0.25) is 5.95 Å². The Hall–Kier alpha value is -3.05. The smallest absolute Gasteiger partial charge is 0.272 e. The van der Waals surface area contributed by atoms with Crippen LogP contribution in [0.25, 0.3) is 11.4 Å². The Bertz CT molecular complexity index is 1040. The van der Waals surface area contributed by atoms with E-state index in [9.17, 15) is 21.9 Å². The van der Waals surface area contributed by atoms with E-state index in [0.717, 1.165) is 17.7 Å². The summed E-state index contributed by atoms with van der Waals surface area (Å²) in [5.74, 6) is -0.486. The number of aryl methyl sites for hydroxylation is 1. The number of aromatic nitrogens is 3. The first-order chi connectivity index (χ1) is 14.4. The van der Waals surface area contributed by atoms with Crippen molar-refractivity contribution in [3.05, 3.63) is 60.2 Å². The zero-order chi connectivity index (χ0) is 21.5. The maximum Gasteiger partial charge on any atom is 0.272 e. The van der Waals surface area contributed by atoms with Crippen LogP contribution in [-0.2, 0) is 17.5 Å². The van der Waals surface area contributed by atoms with Gasteiger partial charge in [0.05, 0.1) is 5.56 Å². The van der Waals surface area contributed by atoms with Crippen LogP contribution in [0.2, 0.25) is 0 Å². The van der Waals surface area contributed by atoms with Gasteiger partial charge in [0.25, 0.3) is 6.43 Å². The summed E-state index contributed by atoms with van der Waals surface area (Å²) in [6.45, 7) is -0.895. The SMILES string of the molecule is O=S([O-])CCc1cccc(Nc2ncnc(-c3ccc(F)cc3OCC(F)F)n2)c1. The van der Waals surface area contributed by atoms with Crippen LogP contribution in [0, 0.1) is 5.82 Å². The minimum atomic E-state index is -2.72. The predicted octanol–water partition coefficient (Wildman–Crippen LogP) is 3.49. The molecule has 0 radical (unpaired) electrons. The second kappa shape index (κ2) is 10.1. The minimum absolute atomic E-state index is 0.00528. The maximum absolute atomic E-state index is 13.5. The van der Waals surface area contributed by atoms with Crippen LogP contribution in [-0.4, -0.2) is 42.5 Å². The van der Waals surface area contributed by atoms with Gasteiger partial charge < -0.3 is 14.6 Å². The Morgan fingerprint density at radius 1 is 1.17 bits per heavy atom. The van der Waals surface area contributed by atoms with Gasteiger partial charge in [-0.05, 0) is 36.2 Å². The molecular formula is C19H16F3N4O3S-. The van der Waals surface area contributed by atoms with Crippen LogP contribution in [0.15, 0.2) is 48.8 Å². The lowest BCUT2D eigenvalue weighted by Gasteiger charge is -2.12. The first-order valence-electron chi connectivity index (χ1n) is 8.72. The van der Waals surface area contributed by atoms with Crippen molar-refractivity contribution in [1.82, 2.24) is 15.0 Å². The van der Waals surface area contributed by atoms with Crippen molar-refractivity contribution < 1.29 is 26.7 Å². The summed E-state index contributed by atoms with van der Waals surface area (Å²) in [6, 6.07) is 10.5. The third-order valence-corrected chi connectivity index (χ3v) is 4.40. The van der Waals surface area contributed by atoms with E-state index >= 15 is 0 Å². The molecular weight excluding hydrogens is 421 g/mol. The fourth-order valence-electron chi connectivity index (χ4n) is 2.57. The number of alkyl halides is 2. The topological polar surface area (TPSA) is 100 Å². The molecule has 1 N–H and O–H groups in total. The minimum Gasteiger partial charge on any atom is -0.772 e. The molecule has 1 atom stereocenters. The Balaban J connectivity index is 1.82. The molecule has 2 aromatic carbocycles. The average molecular weight is 437 g/mol. The fourth-order valence-corrected chi connectivity index (χ4v) is 2.98. The maximum atomic E-state index is 13.5. The van der Waals surface area contributed by atoms with E-state index in [1.807, 2.05) is 0 Å². The Morgan fingerprint density at radius 2 is 2.00 bits per heavy atom. The zero-order valence-corrected chi connectivity index (χ0v) is 16.2. The summed E-state index contributed by atoms with van der Waals surface area (Å²) in [5, 5.41) is 2.97. The summed E-state index contributed by atoms with van der Waals surface area (Å²) in [7, 11) is 0. The van der Waals surface area contributed by atoms with Gasteiger partial charge >= 0.3 is 0 Å². The van der Waals surface area contributed by atoms with Crippen LogP contribution in [0.1, 0.15) is 5.56 Å². The van der Waals surface area contributed by atoms with E-state index in [1.165, 1.54) is 12.4 Å². The summed E-state index contributed by atoms with van der Waals surface area (Å²) >= 11 is -2.13. The number of anilines is 2. The number of ether oxygens (including phenoxy) is 1. The van der Waals surface area contributed by atoms with Gasteiger partial charge in [-0.15, -0.1) is 0 Å². The molecule has 3 aromatic rings. The standard InChI is InChI=1S/C19H17F3N4O3S/c20-13-4-5-15(16(9-13)29-10-17(21)22)18-23-11-24-19(26-18)25-14-3-1-2-12(8-14)6-7-30(27)28/h1-5,8-9,11,17H,6-7,10H2,(H,27,28)(H,23,24,25,26)/p-1. The number of nitrogens with one attached hydrogen (secondary N) is 1. The van der Waals surface area contributed by atoms with E-state index in [-0.39, 0.29) is 28.8 Å². The summed E-state index contributed by atoms with van der Waals surface area (Å²) in [4.78, 5) is 12.3. The first kappa shape index (κ1) is 21.7. The lowest BCUT2D eigenvalue weighted by atomic mass is 10.1. The highest BCUT2D eigenvalue weighted by Crippen LogP contribution is 2.29. The van der Waals surface area contributed by atoms with Gasteiger partial charge in [0.15, 0.2) is 5.82 Å². The van der Waals surface area contributed by atoms with Crippen LogP contribution in [0.5, 0.6) is 5.75 Å². The summed E-state index contributed by atoms with van der Waals surface area (Å²) in [5.41, 5.74) is 1.66. The lowest BCUT2D eigenvalue weighted by molar-refractivity contribution is 0.0820. The molecule has 0 amide bonds. The van der Waals surface area contributed by atoms with Gasteiger partial charge in [-0.2, -0.15) is 4.98 Å². The highest BCUT2D eigenvalue weighted by Gasteiger charge is 2.14. The van der Waals surface area contributed by atoms with Crippen molar-refractivity contribution in [2.24, 2.45) is 0 Å². The highest BCUT2D eigenvalue weighted by atomic mass is 32.2. The highest BCUT2D eigenvalue weighted by molar-refractivity contribution is 7.79. The lowest BCUT2D eigenvalue weighted by Crippen LogP contribution is -2.08. The summed E-state index contributed by atoms with van der Waals surface area (Å²) < 4.78 is 65.0. The number of hydrogen-bond acceptors (Lipinski definition) is 7. The first-order valence-corrected chi connectivity index (χ1v) is 9.97. The van der Waals surface area contributed by atoms with Gasteiger partial charge in [-0.25, -0.2) is 23.1 Å². The van der Waals surface area contributed by atoms with Gasteiger partial charge in [-0.1, -0.05) is 23.2 Å². The van der Waals surface area contributed by atoms with Crippen molar-refractivity contribution >= 4 is 22.7 Å². The molecule has 0 fully saturated rings. The van der Waals surface area contributed by atoms with Crippen LogP contribution >= 0.6 is 0 Å². The molecule has 0 aliphatic carbocycles. The number of hydrogen-bond donors (Lipinski definition) is 1. The molecule has 0 aliphatic rings. The largest absolute Gasteiger partial charge is 0.772 e. The second-order valence-corrected chi connectivity index (χ2v) is 7.07. The molecule has 158 valence electrons. The van der Waals surface area contributed by atoms with E-state index in [1.54, 1.807) is 24.3 Å². The van der Waals surface area contributed by atoms with Crippen LogP contribution < -0.4 is 10.1 Å². The van der Waals surface area contributed by atoms with Gasteiger partial charge in [0.1, 0.15) is 24.5 Å². The van der Waals surface area contributed by atoms with Crippen molar-refractivity contribution in [3.8, 4) is 17.1 Å². The Kier molecular flexibility index (Phi) is 7.31. The van der Waals surface area contributed by atoms with E-state index in [0.29, 0.717) is 12.1 Å². The third-order valence-electron chi connectivity index (χ3n) is 3.86. The van der Waals surface area contributed by atoms with Gasteiger partial charge in [0, 0.05) is 17.5 Å². The molecule has 0 saturated carbocycles. The predicted molar refractivity (Wildman–Crippen MR) is 104 cm³/mol. The van der Waals surface area contributed by atoms with E-state index in [4.69, 9.17) is 4.74 Å². The molecule has 0 spiro atoms. The molecule has 0 bridgehead atoms. The quantitative estimate of drug-likeness (QED) is 0.512. The molecule has 1 aromatic heterocycles. The second-order valence-electron chi connectivity index (χ2n) is 6.06. The molecule has 0 aliphatic heterocycles. The zero-order valence-electron chi connectivity index (χ0n) is 15.4. The van der Waals surface area contributed by atoms with Gasteiger partial charge in [-0.3, -0.25) is 4.21 Å². The van der Waals surface area contributed by atoms with Crippen molar-refractivity contribution in [2.75, 3.05) is 17.7 Å². The molecule has 7 nitrogen and oxygen atoms in total. The van der Waals surface area contributed by atoms with E-state index < -0.39 is 29.9 Å². The molecule has 30 heavy (non-hydrogen) atoms. The molecule has 11 heteroatoms. The van der Waals surface area contributed by atoms with Crippen LogP contribution in [0.4, 0.5) is 24.8 Å². The van der Waals surface area contributed by atoms with Crippen LogP contribution in [0.3, 0.4) is 0 Å². The Labute approximate surface area is 172 Å². The number of benzene rings is 2. The summed E-state index contributed by atoms with van der Waals surface area (Å²) in [6.07, 6.45) is -1.15. The molecule has 0 saturated heterocycles. The normalized spacial score (nSPS) is 12.0. The molecule has 1 heterocycles. The number of nitrogens with zero attached hydrogens (tertiary/aromatic N) is 3. The Morgan fingerprint density at radius 3 is 2.77 bits per heavy atom. The average Bonchev–Trinajstić information content (AvgIpc) is 2.71. The van der Waals surface area contributed by atoms with Crippen molar-refractivity contribution in [2.45, 2.75) is 12.8 Å². The van der Waals surface area contributed by atoms with E-state index in [2.05, 4.69) is 20.3 Å². The monoisotopic (exact) mass is 437 g/mol. The molecule has 3 rings (SSSR count). The van der Waals surface area contributed by atoms with Crippen molar-refractivity contribution in [1.29, 1.82) is 0 Å². The number of rotatable bonds is 9. The fraction of sp³-hybridized carbons (Fsp3) is 0.211. The number of halogens is 3. The molecule has 1 unspecified atom stereocenters. The van der Waals surface area contributed by atoms with Crippen molar-refractivity contribution in [3.63, 3.8) is 0 Å². The third kappa shape index (κ3) is 6.22.